The molecule has 0 heterocycles. The van der Waals surface area contributed by atoms with E-state index in [2.05, 4.69) is 0 Å². The van der Waals surface area contributed by atoms with Crippen molar-refractivity contribution in [3.05, 3.63) is 0 Å². The number of halogens is 3. The van der Waals surface area contributed by atoms with E-state index in [9.17, 15) is 13.2 Å². The Morgan fingerprint density at radius 3 is 1.64 bits per heavy atom. The zero-order valence-electron chi connectivity index (χ0n) is 6.87. The highest BCUT2D eigenvalue weighted by Crippen LogP contribution is 2.30. The Bertz CT molecular complexity index is 123. The van der Waals surface area contributed by atoms with Gasteiger partial charge in [0.2, 0.25) is 0 Å². The van der Waals surface area contributed by atoms with Gasteiger partial charge in [-0.1, -0.05) is 20.8 Å². The predicted molar refractivity (Wildman–Crippen MR) is 36.1 cm³/mol. The molecule has 0 aromatic heterocycles. The highest BCUT2D eigenvalue weighted by atomic mass is 19.4. The summed E-state index contributed by atoms with van der Waals surface area (Å²) < 4.78 is 35.2. The molecule has 1 N–H and O–H groups in total. The smallest absolute Gasteiger partial charge is 0.384 e. The largest absolute Gasteiger partial charge is 0.414 e. The van der Waals surface area contributed by atoms with Crippen molar-refractivity contribution >= 4 is 0 Å². The van der Waals surface area contributed by atoms with Gasteiger partial charge in [0.1, 0.15) is 6.10 Å². The predicted octanol–water partition coefficient (Wildman–Crippen LogP) is 2.35. The Labute approximate surface area is 64.2 Å². The molecule has 0 aliphatic rings. The normalized spacial score (nSPS) is 16.6. The standard InChI is InChI=1S/C7H13F3O/c1-6(2,3)4-5(11)7(8,9)10/h5,11H,4H2,1-3H3. The van der Waals surface area contributed by atoms with E-state index in [4.69, 9.17) is 5.11 Å². The first-order valence-corrected chi connectivity index (χ1v) is 3.38. The lowest BCUT2D eigenvalue weighted by atomic mass is 9.89. The van der Waals surface area contributed by atoms with E-state index < -0.39 is 17.7 Å². The Balaban J connectivity index is 3.99. The topological polar surface area (TPSA) is 20.2 Å². The molecule has 0 aromatic carbocycles. The second-order valence-corrected chi connectivity index (χ2v) is 3.82. The summed E-state index contributed by atoms with van der Waals surface area (Å²) >= 11 is 0. The third-order valence-electron chi connectivity index (χ3n) is 1.18. The minimum absolute atomic E-state index is 0.253. The lowest BCUT2D eigenvalue weighted by molar-refractivity contribution is -0.211. The number of rotatable bonds is 1. The number of hydrogen-bond donors (Lipinski definition) is 1. The summed E-state index contributed by atoms with van der Waals surface area (Å²) in [7, 11) is 0. The quantitative estimate of drug-likeness (QED) is 0.640. The van der Waals surface area contributed by atoms with Crippen LogP contribution in [0.3, 0.4) is 0 Å². The molecule has 68 valence electrons. The molecule has 0 saturated carbocycles. The molecule has 0 saturated heterocycles. The van der Waals surface area contributed by atoms with Gasteiger partial charge in [-0.2, -0.15) is 13.2 Å². The van der Waals surface area contributed by atoms with Crippen LogP contribution in [-0.2, 0) is 0 Å². The second-order valence-electron chi connectivity index (χ2n) is 3.82. The molecule has 0 fully saturated rings. The molecule has 1 unspecified atom stereocenters. The van der Waals surface area contributed by atoms with Crippen LogP contribution in [0.5, 0.6) is 0 Å². The zero-order chi connectivity index (χ0) is 9.28. The molecular formula is C7H13F3O. The minimum Gasteiger partial charge on any atom is -0.384 e. The van der Waals surface area contributed by atoms with Crippen molar-refractivity contribution in [2.45, 2.75) is 39.5 Å². The van der Waals surface area contributed by atoms with Gasteiger partial charge < -0.3 is 5.11 Å². The van der Waals surface area contributed by atoms with E-state index in [1.165, 1.54) is 0 Å². The van der Waals surface area contributed by atoms with Gasteiger partial charge in [0.05, 0.1) is 0 Å². The van der Waals surface area contributed by atoms with Crippen molar-refractivity contribution in [3.63, 3.8) is 0 Å². The molecular weight excluding hydrogens is 157 g/mol. The maximum absolute atomic E-state index is 11.7. The molecule has 0 bridgehead atoms. The summed E-state index contributed by atoms with van der Waals surface area (Å²) in [6, 6.07) is 0. The summed E-state index contributed by atoms with van der Waals surface area (Å²) in [5.41, 5.74) is -0.491. The minimum atomic E-state index is -4.48. The Morgan fingerprint density at radius 1 is 1.18 bits per heavy atom. The average Bonchev–Trinajstić information content (AvgIpc) is 1.56. The van der Waals surface area contributed by atoms with Crippen LogP contribution in [0.2, 0.25) is 0 Å². The first kappa shape index (κ1) is 10.8. The maximum Gasteiger partial charge on any atom is 0.414 e. The Hall–Kier alpha value is -0.250. The lowest BCUT2D eigenvalue weighted by Gasteiger charge is -2.23. The molecule has 11 heavy (non-hydrogen) atoms. The molecule has 0 rings (SSSR count). The van der Waals surface area contributed by atoms with Gasteiger partial charge >= 0.3 is 6.18 Å². The van der Waals surface area contributed by atoms with Gasteiger partial charge in [-0.25, -0.2) is 0 Å². The fourth-order valence-electron chi connectivity index (χ4n) is 0.696. The summed E-state index contributed by atoms with van der Waals surface area (Å²) in [4.78, 5) is 0. The van der Waals surface area contributed by atoms with E-state index in [1.54, 1.807) is 20.8 Å². The van der Waals surface area contributed by atoms with Crippen LogP contribution in [0, 0.1) is 5.41 Å². The summed E-state index contributed by atoms with van der Waals surface area (Å²) in [6.07, 6.45) is -6.92. The third kappa shape index (κ3) is 5.07. The molecule has 0 spiro atoms. The highest BCUT2D eigenvalue weighted by molar-refractivity contribution is 4.73. The Kier molecular flexibility index (Phi) is 2.94. The van der Waals surface area contributed by atoms with Crippen LogP contribution in [0.4, 0.5) is 13.2 Å². The van der Waals surface area contributed by atoms with E-state index in [0.29, 0.717) is 0 Å². The van der Waals surface area contributed by atoms with Gasteiger partial charge in [-0.3, -0.25) is 0 Å². The van der Waals surface area contributed by atoms with Crippen molar-refractivity contribution in [2.75, 3.05) is 0 Å². The van der Waals surface area contributed by atoms with Gasteiger partial charge in [0.15, 0.2) is 0 Å². The van der Waals surface area contributed by atoms with Crippen LogP contribution >= 0.6 is 0 Å². The van der Waals surface area contributed by atoms with Crippen LogP contribution < -0.4 is 0 Å². The number of alkyl halides is 3. The second kappa shape index (κ2) is 3.01. The SMILES string of the molecule is CC(C)(C)CC(O)C(F)(F)F. The van der Waals surface area contributed by atoms with Crippen LogP contribution in [0.15, 0.2) is 0 Å². The third-order valence-corrected chi connectivity index (χ3v) is 1.18. The summed E-state index contributed by atoms with van der Waals surface area (Å²) in [5.74, 6) is 0. The van der Waals surface area contributed by atoms with Crippen molar-refractivity contribution in [3.8, 4) is 0 Å². The molecule has 0 aromatic rings. The average molecular weight is 170 g/mol. The van der Waals surface area contributed by atoms with Crippen LogP contribution in [-0.4, -0.2) is 17.4 Å². The maximum atomic E-state index is 11.7. The van der Waals surface area contributed by atoms with E-state index >= 15 is 0 Å². The van der Waals surface area contributed by atoms with Gasteiger partial charge in [-0.15, -0.1) is 0 Å². The first-order chi connectivity index (χ1) is 4.63. The van der Waals surface area contributed by atoms with Gasteiger partial charge in [0.25, 0.3) is 0 Å². The lowest BCUT2D eigenvalue weighted by Crippen LogP contribution is -2.32. The van der Waals surface area contributed by atoms with Crippen molar-refractivity contribution in [1.29, 1.82) is 0 Å². The molecule has 1 nitrogen and oxygen atoms in total. The zero-order valence-corrected chi connectivity index (χ0v) is 6.87. The summed E-state index contributed by atoms with van der Waals surface area (Å²) in [5, 5.41) is 8.60. The summed E-state index contributed by atoms with van der Waals surface area (Å²) in [6.45, 7) is 4.96. The van der Waals surface area contributed by atoms with Crippen molar-refractivity contribution < 1.29 is 18.3 Å². The Morgan fingerprint density at radius 2 is 1.55 bits per heavy atom. The first-order valence-electron chi connectivity index (χ1n) is 3.38. The number of aliphatic hydroxyl groups is 1. The fraction of sp³-hybridized carbons (Fsp3) is 1.00. The molecule has 0 aliphatic carbocycles. The molecule has 1 atom stereocenters. The van der Waals surface area contributed by atoms with E-state index in [1.807, 2.05) is 0 Å². The van der Waals surface area contributed by atoms with Crippen LogP contribution in [0.1, 0.15) is 27.2 Å². The van der Waals surface area contributed by atoms with Crippen molar-refractivity contribution in [1.82, 2.24) is 0 Å². The van der Waals surface area contributed by atoms with Crippen molar-refractivity contribution in [2.24, 2.45) is 5.41 Å². The monoisotopic (exact) mass is 170 g/mol. The van der Waals surface area contributed by atoms with Crippen LogP contribution in [0.25, 0.3) is 0 Å². The number of aliphatic hydroxyl groups excluding tert-OH is 1. The van der Waals surface area contributed by atoms with E-state index in [0.717, 1.165) is 0 Å². The van der Waals surface area contributed by atoms with Gasteiger partial charge in [0, 0.05) is 0 Å². The fourth-order valence-corrected chi connectivity index (χ4v) is 0.696. The highest BCUT2D eigenvalue weighted by Gasteiger charge is 2.40. The number of hydrogen-bond acceptors (Lipinski definition) is 1. The molecule has 0 aliphatic heterocycles. The molecule has 0 radical (unpaired) electrons. The molecule has 0 amide bonds. The van der Waals surface area contributed by atoms with Gasteiger partial charge in [-0.05, 0) is 11.8 Å². The molecule has 4 heteroatoms. The van der Waals surface area contributed by atoms with E-state index in [-0.39, 0.29) is 6.42 Å².